The summed E-state index contributed by atoms with van der Waals surface area (Å²) in [5.74, 6) is -1.20. The molecule has 1 saturated heterocycles. The van der Waals surface area contributed by atoms with Gasteiger partial charge < -0.3 is 29.7 Å². The second-order valence-corrected chi connectivity index (χ2v) is 9.09. The minimum atomic E-state index is -1.74. The number of likely N-dealkylation sites (N-methyl/N-ethyl adjacent to an activating group) is 1. The minimum absolute atomic E-state index is 0.0619. The van der Waals surface area contributed by atoms with E-state index in [2.05, 4.69) is 5.32 Å². The van der Waals surface area contributed by atoms with Crippen LogP contribution in [-0.4, -0.2) is 72.4 Å². The van der Waals surface area contributed by atoms with E-state index < -0.39 is 19.2 Å². The van der Waals surface area contributed by atoms with Crippen LogP contribution in [0.1, 0.15) is 36.5 Å². The van der Waals surface area contributed by atoms with E-state index in [0.717, 1.165) is 24.0 Å². The molecule has 1 heterocycles. The van der Waals surface area contributed by atoms with Crippen LogP contribution in [0.3, 0.4) is 0 Å². The summed E-state index contributed by atoms with van der Waals surface area (Å²) in [4.78, 5) is 27.1. The lowest BCUT2D eigenvalue weighted by Gasteiger charge is -2.33. The van der Waals surface area contributed by atoms with Crippen LogP contribution >= 0.6 is 0 Å². The molecule has 1 atom stereocenters. The van der Waals surface area contributed by atoms with E-state index in [4.69, 9.17) is 9.47 Å². The van der Waals surface area contributed by atoms with Gasteiger partial charge in [0, 0.05) is 32.2 Å². The van der Waals surface area contributed by atoms with Gasteiger partial charge in [0.15, 0.2) is 0 Å². The minimum Gasteiger partial charge on any atom is -0.449 e. The Balaban J connectivity index is 1.56. The van der Waals surface area contributed by atoms with Gasteiger partial charge in [-0.1, -0.05) is 54.6 Å². The lowest BCUT2D eigenvalue weighted by molar-refractivity contribution is -0.130. The van der Waals surface area contributed by atoms with Gasteiger partial charge in [0.1, 0.15) is 11.6 Å². The van der Waals surface area contributed by atoms with Gasteiger partial charge in [0.05, 0.1) is 12.5 Å². The van der Waals surface area contributed by atoms with Gasteiger partial charge in [0.25, 0.3) is 5.91 Å². The van der Waals surface area contributed by atoms with Crippen molar-refractivity contribution in [3.8, 4) is 6.07 Å². The zero-order valence-corrected chi connectivity index (χ0v) is 21.6. The first-order chi connectivity index (χ1) is 18.4. The van der Waals surface area contributed by atoms with E-state index in [1.165, 1.54) is 0 Å². The summed E-state index contributed by atoms with van der Waals surface area (Å²) >= 11 is 0. The van der Waals surface area contributed by atoms with Crippen LogP contribution in [0, 0.1) is 11.3 Å². The molecule has 0 bridgehead atoms. The second kappa shape index (κ2) is 14.9. The molecule has 38 heavy (non-hydrogen) atoms. The summed E-state index contributed by atoms with van der Waals surface area (Å²) in [6.07, 6.45) is 2.99. The van der Waals surface area contributed by atoms with Gasteiger partial charge in [-0.15, -0.1) is 0 Å². The lowest BCUT2D eigenvalue weighted by atomic mass is 9.76. The Labute approximate surface area is 223 Å². The van der Waals surface area contributed by atoms with Crippen molar-refractivity contribution in [2.75, 3.05) is 26.4 Å². The molecule has 10 heteroatoms. The molecule has 2 aromatic carbocycles. The van der Waals surface area contributed by atoms with Crippen molar-refractivity contribution in [3.05, 3.63) is 76.9 Å². The molecule has 2 aromatic rings. The maximum atomic E-state index is 13.1. The molecule has 3 N–H and O–H groups in total. The van der Waals surface area contributed by atoms with Crippen LogP contribution in [-0.2, 0) is 27.1 Å². The molecule has 200 valence electrons. The second-order valence-electron chi connectivity index (χ2n) is 9.09. The van der Waals surface area contributed by atoms with Crippen LogP contribution in [0.25, 0.3) is 6.08 Å². The highest BCUT2D eigenvalue weighted by atomic mass is 16.5. The Morgan fingerprint density at radius 2 is 1.89 bits per heavy atom. The fourth-order valence-corrected chi connectivity index (χ4v) is 4.42. The monoisotopic (exact) mass is 519 g/mol. The van der Waals surface area contributed by atoms with E-state index >= 15 is 0 Å². The van der Waals surface area contributed by atoms with E-state index in [0.29, 0.717) is 31.7 Å². The van der Waals surface area contributed by atoms with Crippen molar-refractivity contribution in [2.45, 2.75) is 44.6 Å². The highest BCUT2D eigenvalue weighted by Crippen LogP contribution is 2.18. The number of alkyl carbamates (subject to hydrolysis) is 1. The van der Waals surface area contributed by atoms with E-state index in [9.17, 15) is 24.9 Å². The summed E-state index contributed by atoms with van der Waals surface area (Å²) in [5.41, 5.74) is 2.47. The Bertz CT molecular complexity index is 1130. The molecule has 0 aromatic heterocycles. The van der Waals surface area contributed by atoms with E-state index in [-0.39, 0.29) is 30.5 Å². The molecule has 0 aliphatic carbocycles. The predicted octanol–water partition coefficient (Wildman–Crippen LogP) is 2.51. The third-order valence-electron chi connectivity index (χ3n) is 6.43. The van der Waals surface area contributed by atoms with Gasteiger partial charge >= 0.3 is 13.2 Å². The average molecular weight is 519 g/mol. The Morgan fingerprint density at radius 1 is 1.18 bits per heavy atom. The van der Waals surface area contributed by atoms with Crippen LogP contribution in [0.4, 0.5) is 4.79 Å². The number of hydrogen-bond donors (Lipinski definition) is 3. The lowest BCUT2D eigenvalue weighted by Crippen LogP contribution is -2.48. The van der Waals surface area contributed by atoms with Crippen molar-refractivity contribution in [2.24, 2.45) is 0 Å². The summed E-state index contributed by atoms with van der Waals surface area (Å²) in [6, 6.07) is 18.6. The van der Waals surface area contributed by atoms with E-state index in [1.54, 1.807) is 11.0 Å². The molecular weight excluding hydrogens is 485 g/mol. The summed E-state index contributed by atoms with van der Waals surface area (Å²) in [7, 11) is -1.74. The SMILES string of the molecule is CCN(C(=O)C(C#N)=Cc1cccc(CCOC(=O)N[C@@H](Cc2ccccc2)B(O)O)c1)C1CCOCC1. The third kappa shape index (κ3) is 8.73. The summed E-state index contributed by atoms with van der Waals surface area (Å²) < 4.78 is 10.6. The van der Waals surface area contributed by atoms with Gasteiger partial charge in [-0.05, 0) is 49.0 Å². The Hall–Kier alpha value is -3.65. The molecule has 9 nitrogen and oxygen atoms in total. The maximum absolute atomic E-state index is 13.1. The van der Waals surface area contributed by atoms with Crippen molar-refractivity contribution in [3.63, 3.8) is 0 Å². The number of nitriles is 1. The first-order valence-corrected chi connectivity index (χ1v) is 12.8. The standard InChI is InChI=1S/C28H34BN3O6/c1-2-32(25-12-14-37-15-13-25)27(33)24(20-30)18-23-10-6-9-22(17-23)11-16-38-28(34)31-26(29(35)36)19-21-7-4-3-5-8-21/h3-10,17-18,25-26,35-36H,2,11-16,19H2,1H3,(H,31,34)/t26-/m0/s1. The number of ether oxygens (including phenoxy) is 2. The topological polar surface area (TPSA) is 132 Å². The van der Waals surface area contributed by atoms with Crippen LogP contribution in [0.15, 0.2) is 60.2 Å². The quantitative estimate of drug-likeness (QED) is 0.236. The fraction of sp³-hybridized carbons (Fsp3) is 0.393. The summed E-state index contributed by atoms with van der Waals surface area (Å²) in [6.45, 7) is 3.70. The largest absolute Gasteiger partial charge is 0.475 e. The maximum Gasteiger partial charge on any atom is 0.475 e. The number of rotatable bonds is 11. The molecule has 0 spiro atoms. The first kappa shape index (κ1) is 28.9. The highest BCUT2D eigenvalue weighted by molar-refractivity contribution is 6.43. The zero-order chi connectivity index (χ0) is 27.3. The molecule has 0 saturated carbocycles. The number of nitrogens with one attached hydrogen (secondary N) is 1. The van der Waals surface area contributed by atoms with Gasteiger partial charge in [-0.3, -0.25) is 4.79 Å². The number of carbonyl (C=O) groups excluding carboxylic acids is 2. The normalized spacial score (nSPS) is 14.7. The molecule has 0 radical (unpaired) electrons. The average Bonchev–Trinajstić information content (AvgIpc) is 2.93. The smallest absolute Gasteiger partial charge is 0.449 e. The number of carbonyl (C=O) groups is 2. The predicted molar refractivity (Wildman–Crippen MR) is 144 cm³/mol. The number of hydrogen-bond acceptors (Lipinski definition) is 7. The summed E-state index contributed by atoms with van der Waals surface area (Å²) in [5, 5.41) is 31.5. The molecule has 0 unspecified atom stereocenters. The fourth-order valence-electron chi connectivity index (χ4n) is 4.42. The molecule has 1 fully saturated rings. The first-order valence-electron chi connectivity index (χ1n) is 12.8. The number of nitrogens with zero attached hydrogens (tertiary/aromatic N) is 2. The van der Waals surface area contributed by atoms with Crippen LogP contribution in [0.2, 0.25) is 0 Å². The van der Waals surface area contributed by atoms with Crippen LogP contribution in [0.5, 0.6) is 0 Å². The third-order valence-corrected chi connectivity index (χ3v) is 6.43. The van der Waals surface area contributed by atoms with E-state index in [1.807, 2.05) is 67.6 Å². The van der Waals surface area contributed by atoms with Gasteiger partial charge in [-0.25, -0.2) is 4.79 Å². The molecule has 3 rings (SSSR count). The number of amides is 2. The van der Waals surface area contributed by atoms with Crippen molar-refractivity contribution >= 4 is 25.2 Å². The molecular formula is C28H34BN3O6. The zero-order valence-electron chi connectivity index (χ0n) is 21.6. The molecule has 1 aliphatic rings. The van der Waals surface area contributed by atoms with Crippen molar-refractivity contribution in [1.29, 1.82) is 5.26 Å². The van der Waals surface area contributed by atoms with Gasteiger partial charge in [-0.2, -0.15) is 5.26 Å². The molecule has 2 amide bonds. The van der Waals surface area contributed by atoms with Gasteiger partial charge in [0.2, 0.25) is 0 Å². The molecule has 1 aliphatic heterocycles. The Morgan fingerprint density at radius 3 is 2.55 bits per heavy atom. The van der Waals surface area contributed by atoms with Crippen molar-refractivity contribution < 1.29 is 29.1 Å². The Kier molecular flexibility index (Phi) is 11.4. The highest BCUT2D eigenvalue weighted by Gasteiger charge is 2.27. The van der Waals surface area contributed by atoms with Crippen LogP contribution < -0.4 is 5.32 Å². The van der Waals surface area contributed by atoms with Crippen molar-refractivity contribution in [1.82, 2.24) is 10.2 Å². The number of benzene rings is 2.